The van der Waals surface area contributed by atoms with Crippen LogP contribution in [0.15, 0.2) is 28.8 Å². The molecule has 2 aromatic rings. The van der Waals surface area contributed by atoms with Gasteiger partial charge in [-0.2, -0.15) is 0 Å². The lowest BCUT2D eigenvalue weighted by atomic mass is 10.1. The average Bonchev–Trinajstić information content (AvgIpc) is 3.01. The Hall–Kier alpha value is -2.01. The Morgan fingerprint density at radius 1 is 1.17 bits per heavy atom. The summed E-state index contributed by atoms with van der Waals surface area (Å²) in [6.45, 7) is 8.95. The molecule has 0 spiro atoms. The molecule has 0 unspecified atom stereocenters. The molecule has 0 bridgehead atoms. The summed E-state index contributed by atoms with van der Waals surface area (Å²) in [6, 6.07) is 8.28. The van der Waals surface area contributed by atoms with Gasteiger partial charge in [-0.25, -0.2) is 0 Å². The molecule has 1 heterocycles. The molecule has 2 atom stereocenters. The van der Waals surface area contributed by atoms with E-state index in [-0.39, 0.29) is 12.1 Å². The second-order valence-electron chi connectivity index (χ2n) is 6.08. The minimum absolute atomic E-state index is 0.101. The van der Waals surface area contributed by atoms with Crippen molar-refractivity contribution in [1.82, 2.24) is 10.5 Å². The first-order valence-corrected chi connectivity index (χ1v) is 8.55. The van der Waals surface area contributed by atoms with E-state index in [9.17, 15) is 0 Å². The molecule has 0 radical (unpaired) electrons. The zero-order chi connectivity index (χ0) is 17.5. The van der Waals surface area contributed by atoms with Crippen LogP contribution in [0, 0.1) is 6.92 Å². The van der Waals surface area contributed by atoms with Gasteiger partial charge in [0.15, 0.2) is 11.5 Å². The van der Waals surface area contributed by atoms with Crippen molar-refractivity contribution >= 4 is 0 Å². The molecule has 1 aromatic heterocycles. The summed E-state index contributed by atoms with van der Waals surface area (Å²) in [4.78, 5) is 0. The quantitative estimate of drug-likeness (QED) is 0.681. The second-order valence-corrected chi connectivity index (χ2v) is 6.08. The van der Waals surface area contributed by atoms with Crippen LogP contribution in [0.4, 0.5) is 0 Å². The summed E-state index contributed by atoms with van der Waals surface area (Å²) < 4.78 is 16.4. The maximum absolute atomic E-state index is 5.79. The minimum atomic E-state index is 0.101. The number of ether oxygens (including phenoxy) is 2. The zero-order valence-corrected chi connectivity index (χ0v) is 15.3. The van der Waals surface area contributed by atoms with Crippen molar-refractivity contribution in [2.45, 2.75) is 52.6 Å². The first-order valence-electron chi connectivity index (χ1n) is 8.55. The third kappa shape index (κ3) is 4.74. The van der Waals surface area contributed by atoms with Crippen LogP contribution in [-0.4, -0.2) is 18.9 Å². The smallest absolute Gasteiger partial charge is 0.161 e. The van der Waals surface area contributed by atoms with Gasteiger partial charge in [0.25, 0.3) is 0 Å². The van der Waals surface area contributed by atoms with Gasteiger partial charge < -0.3 is 19.3 Å². The van der Waals surface area contributed by atoms with Crippen LogP contribution in [0.3, 0.4) is 0 Å². The van der Waals surface area contributed by atoms with Crippen molar-refractivity contribution in [2.24, 2.45) is 0 Å². The number of rotatable bonds is 9. The highest BCUT2D eigenvalue weighted by atomic mass is 16.5. The fraction of sp³-hybridized carbons (Fsp3) is 0.526. The van der Waals surface area contributed by atoms with Crippen molar-refractivity contribution < 1.29 is 14.0 Å². The second kappa shape index (κ2) is 8.73. The summed E-state index contributed by atoms with van der Waals surface area (Å²) in [5.41, 5.74) is 2.05. The number of hydrogen-bond donors (Lipinski definition) is 1. The van der Waals surface area contributed by atoms with Crippen LogP contribution < -0.4 is 14.8 Å². The summed E-state index contributed by atoms with van der Waals surface area (Å²) >= 11 is 0. The number of unbranched alkanes of at least 4 members (excludes halogenated alkanes) is 1. The van der Waals surface area contributed by atoms with Crippen molar-refractivity contribution in [3.63, 3.8) is 0 Å². The molecule has 1 N–H and O–H groups in total. The number of hydrogen-bond acceptors (Lipinski definition) is 5. The molecule has 24 heavy (non-hydrogen) atoms. The van der Waals surface area contributed by atoms with Crippen molar-refractivity contribution in [1.29, 1.82) is 0 Å². The van der Waals surface area contributed by atoms with Gasteiger partial charge in [0.2, 0.25) is 0 Å². The number of aryl methyl sites for hydroxylation is 1. The van der Waals surface area contributed by atoms with Crippen LogP contribution in [0.25, 0.3) is 0 Å². The van der Waals surface area contributed by atoms with Gasteiger partial charge in [-0.15, -0.1) is 0 Å². The van der Waals surface area contributed by atoms with Crippen molar-refractivity contribution in [2.75, 3.05) is 13.7 Å². The van der Waals surface area contributed by atoms with E-state index in [1.54, 1.807) is 7.11 Å². The molecule has 0 aliphatic heterocycles. The molecular formula is C19H28N2O3. The summed E-state index contributed by atoms with van der Waals surface area (Å²) in [7, 11) is 1.67. The van der Waals surface area contributed by atoms with E-state index < -0.39 is 0 Å². The van der Waals surface area contributed by atoms with E-state index in [1.165, 1.54) is 0 Å². The topological polar surface area (TPSA) is 56.5 Å². The van der Waals surface area contributed by atoms with Gasteiger partial charge in [0, 0.05) is 12.1 Å². The number of nitrogens with zero attached hydrogens (tertiary/aromatic N) is 1. The van der Waals surface area contributed by atoms with Crippen LogP contribution in [0.1, 0.15) is 62.7 Å². The Morgan fingerprint density at radius 2 is 1.96 bits per heavy atom. The predicted octanol–water partition coefficient (Wildman–Crippen LogP) is 4.58. The lowest BCUT2D eigenvalue weighted by Crippen LogP contribution is -2.22. The van der Waals surface area contributed by atoms with E-state index in [0.717, 1.165) is 41.4 Å². The van der Waals surface area contributed by atoms with E-state index in [4.69, 9.17) is 14.0 Å². The fourth-order valence-corrected chi connectivity index (χ4v) is 2.55. The summed E-state index contributed by atoms with van der Waals surface area (Å²) in [5.74, 6) is 2.38. The Morgan fingerprint density at radius 3 is 2.58 bits per heavy atom. The zero-order valence-electron chi connectivity index (χ0n) is 15.3. The third-order valence-corrected chi connectivity index (χ3v) is 4.03. The molecular weight excluding hydrogens is 304 g/mol. The molecule has 5 heteroatoms. The predicted molar refractivity (Wildman–Crippen MR) is 94.6 cm³/mol. The van der Waals surface area contributed by atoms with Gasteiger partial charge in [-0.3, -0.25) is 0 Å². The highest BCUT2D eigenvalue weighted by Gasteiger charge is 2.16. The lowest BCUT2D eigenvalue weighted by molar-refractivity contribution is 0.288. The fourth-order valence-electron chi connectivity index (χ4n) is 2.55. The Balaban J connectivity index is 2.04. The van der Waals surface area contributed by atoms with Crippen LogP contribution in [-0.2, 0) is 0 Å². The highest BCUT2D eigenvalue weighted by Crippen LogP contribution is 2.31. The van der Waals surface area contributed by atoms with E-state index >= 15 is 0 Å². The number of methoxy groups -OCH3 is 1. The average molecular weight is 332 g/mol. The van der Waals surface area contributed by atoms with Crippen molar-refractivity contribution in [3.8, 4) is 11.5 Å². The normalized spacial score (nSPS) is 13.5. The molecule has 5 nitrogen and oxygen atoms in total. The molecule has 0 fully saturated rings. The Bertz CT molecular complexity index is 639. The van der Waals surface area contributed by atoms with Crippen LogP contribution in [0.5, 0.6) is 11.5 Å². The molecule has 132 valence electrons. The van der Waals surface area contributed by atoms with E-state index in [1.807, 2.05) is 25.1 Å². The van der Waals surface area contributed by atoms with Gasteiger partial charge in [0.05, 0.1) is 19.8 Å². The number of benzene rings is 1. The molecule has 0 saturated heterocycles. The molecule has 0 amide bonds. The van der Waals surface area contributed by atoms with Gasteiger partial charge in [-0.05, 0) is 44.9 Å². The first-order chi connectivity index (χ1) is 11.5. The van der Waals surface area contributed by atoms with Crippen molar-refractivity contribution in [3.05, 3.63) is 41.3 Å². The molecule has 2 rings (SSSR count). The standard InChI is InChI=1S/C19H28N2O3/c1-6-7-10-23-18-9-8-16(12-19(18)22-5)14(3)20-15(4)17-11-13(2)24-21-17/h8-9,11-12,14-15,20H,6-7,10H2,1-5H3/t14-,15+/m1/s1. The molecule has 0 aliphatic carbocycles. The Labute approximate surface area is 144 Å². The third-order valence-electron chi connectivity index (χ3n) is 4.03. The maximum atomic E-state index is 5.79. The molecule has 0 aliphatic rings. The number of nitrogens with one attached hydrogen (secondary N) is 1. The SMILES string of the molecule is CCCCOc1ccc([C@@H](C)N[C@@H](C)c2cc(C)on2)cc1OC. The first kappa shape index (κ1) is 18.3. The maximum Gasteiger partial charge on any atom is 0.161 e. The molecule has 0 saturated carbocycles. The monoisotopic (exact) mass is 332 g/mol. The lowest BCUT2D eigenvalue weighted by Gasteiger charge is -2.20. The largest absolute Gasteiger partial charge is 0.493 e. The van der Waals surface area contributed by atoms with E-state index in [2.05, 4.69) is 37.3 Å². The van der Waals surface area contributed by atoms with E-state index in [0.29, 0.717) is 6.61 Å². The summed E-state index contributed by atoms with van der Waals surface area (Å²) in [5, 5.41) is 7.60. The molecule has 1 aromatic carbocycles. The minimum Gasteiger partial charge on any atom is -0.493 e. The Kier molecular flexibility index (Phi) is 6.67. The summed E-state index contributed by atoms with van der Waals surface area (Å²) in [6.07, 6.45) is 2.15. The number of aromatic nitrogens is 1. The van der Waals surface area contributed by atoms with Gasteiger partial charge in [0.1, 0.15) is 11.5 Å². The van der Waals surface area contributed by atoms with Gasteiger partial charge >= 0.3 is 0 Å². The highest BCUT2D eigenvalue weighted by molar-refractivity contribution is 5.43. The van der Waals surface area contributed by atoms with Crippen LogP contribution in [0.2, 0.25) is 0 Å². The van der Waals surface area contributed by atoms with Gasteiger partial charge in [-0.1, -0.05) is 24.6 Å². The van der Waals surface area contributed by atoms with Crippen LogP contribution >= 0.6 is 0 Å².